The van der Waals surface area contributed by atoms with E-state index in [0.29, 0.717) is 12.0 Å². The highest BCUT2D eigenvalue weighted by molar-refractivity contribution is 5.37. The third-order valence-corrected chi connectivity index (χ3v) is 2.56. The van der Waals surface area contributed by atoms with Crippen molar-refractivity contribution in [3.05, 3.63) is 58.5 Å². The number of rotatable bonds is 2. The summed E-state index contributed by atoms with van der Waals surface area (Å²) in [6.07, 6.45) is 2.12. The molecular formula is C13H13NO2. The molecule has 0 aliphatic heterocycles. The van der Waals surface area contributed by atoms with Crippen LogP contribution in [0.1, 0.15) is 12.5 Å². The zero-order valence-electron chi connectivity index (χ0n) is 9.05. The van der Waals surface area contributed by atoms with Crippen LogP contribution < -0.4 is 5.56 Å². The van der Waals surface area contributed by atoms with Crippen LogP contribution in [0.4, 0.5) is 0 Å². The second kappa shape index (κ2) is 4.23. The van der Waals surface area contributed by atoms with Gasteiger partial charge in [-0.25, -0.2) is 0 Å². The SMILES string of the molecule is CCc1c(O)ccn(-c2ccccc2)c1=O. The summed E-state index contributed by atoms with van der Waals surface area (Å²) >= 11 is 0. The number of nitrogens with zero attached hydrogens (tertiary/aromatic N) is 1. The van der Waals surface area contributed by atoms with Crippen LogP contribution in [0.15, 0.2) is 47.4 Å². The van der Waals surface area contributed by atoms with Crippen LogP contribution >= 0.6 is 0 Å². The average molecular weight is 215 g/mol. The van der Waals surface area contributed by atoms with Crippen LogP contribution in [0.3, 0.4) is 0 Å². The summed E-state index contributed by atoms with van der Waals surface area (Å²) in [6.45, 7) is 1.85. The monoisotopic (exact) mass is 215 g/mol. The van der Waals surface area contributed by atoms with Gasteiger partial charge in [-0.3, -0.25) is 9.36 Å². The van der Waals surface area contributed by atoms with Gasteiger partial charge in [-0.1, -0.05) is 25.1 Å². The van der Waals surface area contributed by atoms with Gasteiger partial charge in [-0.15, -0.1) is 0 Å². The van der Waals surface area contributed by atoms with Gasteiger partial charge in [0.05, 0.1) is 5.56 Å². The van der Waals surface area contributed by atoms with E-state index in [-0.39, 0.29) is 11.3 Å². The smallest absolute Gasteiger partial charge is 0.261 e. The molecule has 1 N–H and O–H groups in total. The van der Waals surface area contributed by atoms with Crippen LogP contribution in [0.25, 0.3) is 5.69 Å². The molecule has 1 heterocycles. The van der Waals surface area contributed by atoms with E-state index in [2.05, 4.69) is 0 Å². The summed E-state index contributed by atoms with van der Waals surface area (Å²) in [5, 5.41) is 9.55. The molecule has 82 valence electrons. The van der Waals surface area contributed by atoms with Crippen molar-refractivity contribution >= 4 is 0 Å². The first-order chi connectivity index (χ1) is 7.74. The Hall–Kier alpha value is -2.03. The largest absolute Gasteiger partial charge is 0.507 e. The molecule has 0 amide bonds. The summed E-state index contributed by atoms with van der Waals surface area (Å²) in [5.74, 6) is 0.0691. The molecule has 3 heteroatoms. The second-order valence-corrected chi connectivity index (χ2v) is 3.54. The van der Waals surface area contributed by atoms with E-state index in [9.17, 15) is 9.90 Å². The Balaban J connectivity index is 2.64. The number of benzene rings is 1. The summed E-state index contributed by atoms with van der Waals surface area (Å²) in [5.41, 5.74) is 1.10. The predicted octanol–water partition coefficient (Wildman–Crippen LogP) is 2.11. The third-order valence-electron chi connectivity index (χ3n) is 2.56. The lowest BCUT2D eigenvalue weighted by molar-refractivity contribution is 0.465. The van der Waals surface area contributed by atoms with Crippen molar-refractivity contribution in [2.75, 3.05) is 0 Å². The lowest BCUT2D eigenvalue weighted by atomic mass is 10.2. The number of para-hydroxylation sites is 1. The highest BCUT2D eigenvalue weighted by Gasteiger charge is 2.07. The van der Waals surface area contributed by atoms with Crippen LogP contribution in [0.2, 0.25) is 0 Å². The highest BCUT2D eigenvalue weighted by Crippen LogP contribution is 2.14. The van der Waals surface area contributed by atoms with E-state index in [1.807, 2.05) is 37.3 Å². The first-order valence-corrected chi connectivity index (χ1v) is 5.23. The summed E-state index contributed by atoms with van der Waals surface area (Å²) < 4.78 is 1.54. The molecule has 2 rings (SSSR count). The minimum absolute atomic E-state index is 0.0691. The standard InChI is InChI=1S/C13H13NO2/c1-2-11-12(15)8-9-14(13(11)16)10-6-4-3-5-7-10/h3-9,15H,2H2,1H3. The lowest BCUT2D eigenvalue weighted by Crippen LogP contribution is -2.21. The van der Waals surface area contributed by atoms with Crippen molar-refractivity contribution in [2.45, 2.75) is 13.3 Å². The van der Waals surface area contributed by atoms with Gasteiger partial charge in [0.15, 0.2) is 0 Å². The molecule has 0 aliphatic carbocycles. The molecule has 0 saturated carbocycles. The molecule has 0 unspecified atom stereocenters. The maximum atomic E-state index is 12.0. The van der Waals surface area contributed by atoms with Crippen molar-refractivity contribution < 1.29 is 5.11 Å². The van der Waals surface area contributed by atoms with Gasteiger partial charge in [0.25, 0.3) is 5.56 Å². The molecule has 1 aromatic heterocycles. The zero-order chi connectivity index (χ0) is 11.5. The maximum absolute atomic E-state index is 12.0. The van der Waals surface area contributed by atoms with Gasteiger partial charge in [0.2, 0.25) is 0 Å². The fourth-order valence-electron chi connectivity index (χ4n) is 1.69. The Morgan fingerprint density at radius 3 is 2.50 bits per heavy atom. The summed E-state index contributed by atoms with van der Waals surface area (Å²) in [4.78, 5) is 12.0. The Kier molecular flexibility index (Phi) is 2.77. The molecule has 0 atom stereocenters. The van der Waals surface area contributed by atoms with E-state index < -0.39 is 0 Å². The van der Waals surface area contributed by atoms with Crippen molar-refractivity contribution in [3.63, 3.8) is 0 Å². The first-order valence-electron chi connectivity index (χ1n) is 5.23. The molecule has 0 radical (unpaired) electrons. The van der Waals surface area contributed by atoms with Crippen LogP contribution in [-0.4, -0.2) is 9.67 Å². The molecule has 0 spiro atoms. The molecule has 0 bridgehead atoms. The van der Waals surface area contributed by atoms with Gasteiger partial charge in [0, 0.05) is 11.9 Å². The molecular weight excluding hydrogens is 202 g/mol. The van der Waals surface area contributed by atoms with Crippen molar-refractivity contribution in [2.24, 2.45) is 0 Å². The number of aromatic hydroxyl groups is 1. The topological polar surface area (TPSA) is 42.2 Å². The fourth-order valence-corrected chi connectivity index (χ4v) is 1.69. The molecule has 0 saturated heterocycles. The number of pyridine rings is 1. The fraction of sp³-hybridized carbons (Fsp3) is 0.154. The van der Waals surface area contributed by atoms with Crippen molar-refractivity contribution in [1.29, 1.82) is 0 Å². The van der Waals surface area contributed by atoms with Crippen LogP contribution in [0.5, 0.6) is 5.75 Å². The predicted molar refractivity (Wildman–Crippen MR) is 63.1 cm³/mol. The Morgan fingerprint density at radius 2 is 1.88 bits per heavy atom. The van der Waals surface area contributed by atoms with Crippen molar-refractivity contribution in [3.8, 4) is 11.4 Å². The zero-order valence-corrected chi connectivity index (χ0v) is 9.05. The Bertz CT molecular complexity index is 544. The third kappa shape index (κ3) is 1.72. The van der Waals surface area contributed by atoms with E-state index in [1.165, 1.54) is 0 Å². The van der Waals surface area contributed by atoms with Gasteiger partial charge in [-0.2, -0.15) is 0 Å². The average Bonchev–Trinajstić information content (AvgIpc) is 2.31. The van der Waals surface area contributed by atoms with Crippen LogP contribution in [-0.2, 0) is 6.42 Å². The maximum Gasteiger partial charge on any atom is 0.261 e. The van der Waals surface area contributed by atoms with E-state index in [1.54, 1.807) is 16.8 Å². The number of hydrogen-bond acceptors (Lipinski definition) is 2. The second-order valence-electron chi connectivity index (χ2n) is 3.54. The molecule has 2 aromatic rings. The van der Waals surface area contributed by atoms with Gasteiger partial charge < -0.3 is 5.11 Å². The van der Waals surface area contributed by atoms with E-state index in [4.69, 9.17) is 0 Å². The Morgan fingerprint density at radius 1 is 1.19 bits per heavy atom. The van der Waals surface area contributed by atoms with Gasteiger partial charge >= 0.3 is 0 Å². The first kappa shape index (κ1) is 10.5. The minimum Gasteiger partial charge on any atom is -0.507 e. The number of hydrogen-bond donors (Lipinski definition) is 1. The Labute approximate surface area is 93.6 Å². The van der Waals surface area contributed by atoms with Crippen molar-refractivity contribution in [1.82, 2.24) is 4.57 Å². The van der Waals surface area contributed by atoms with E-state index in [0.717, 1.165) is 5.69 Å². The quantitative estimate of drug-likeness (QED) is 0.833. The normalized spacial score (nSPS) is 10.3. The summed E-state index contributed by atoms with van der Waals surface area (Å²) in [6, 6.07) is 10.9. The molecule has 0 fully saturated rings. The minimum atomic E-state index is -0.159. The molecule has 1 aromatic carbocycles. The van der Waals surface area contributed by atoms with Gasteiger partial charge in [-0.05, 0) is 24.6 Å². The molecule has 3 nitrogen and oxygen atoms in total. The van der Waals surface area contributed by atoms with E-state index >= 15 is 0 Å². The molecule has 0 aliphatic rings. The number of aromatic nitrogens is 1. The van der Waals surface area contributed by atoms with Crippen LogP contribution in [0, 0.1) is 0 Å². The summed E-state index contributed by atoms with van der Waals surface area (Å²) in [7, 11) is 0. The van der Waals surface area contributed by atoms with Gasteiger partial charge in [0.1, 0.15) is 5.75 Å². The lowest BCUT2D eigenvalue weighted by Gasteiger charge is -2.08. The molecule has 16 heavy (non-hydrogen) atoms. The highest BCUT2D eigenvalue weighted by atomic mass is 16.3.